The number of fused-ring (bicyclic) bond motifs is 1. The lowest BCUT2D eigenvalue weighted by atomic mass is 9.94. The van der Waals surface area contributed by atoms with Crippen LogP contribution in [-0.2, 0) is 11.4 Å². The molecule has 4 aromatic carbocycles. The molecule has 5 aromatic rings. The minimum Gasteiger partial charge on any atom is -0.489 e. The second-order valence-electron chi connectivity index (χ2n) is 12.3. The summed E-state index contributed by atoms with van der Waals surface area (Å²) in [5, 5.41) is 9.55. The Morgan fingerprint density at radius 2 is 1.73 bits per heavy atom. The van der Waals surface area contributed by atoms with Gasteiger partial charge < -0.3 is 19.3 Å². The number of carboxylic acid groups (broad SMARTS) is 1. The van der Waals surface area contributed by atoms with E-state index in [4.69, 9.17) is 9.72 Å². The Bertz CT molecular complexity index is 1970. The Balaban J connectivity index is 0.00000401. The molecule has 48 heavy (non-hydrogen) atoms. The van der Waals surface area contributed by atoms with Gasteiger partial charge in [-0.25, -0.2) is 14.2 Å². The molecule has 0 bridgehead atoms. The number of hydrogen-bond acceptors (Lipinski definition) is 5. The van der Waals surface area contributed by atoms with Crippen molar-refractivity contribution in [1.82, 2.24) is 9.55 Å². The number of rotatable bonds is 9. The van der Waals surface area contributed by atoms with Crippen molar-refractivity contribution in [2.24, 2.45) is 0 Å². The molecule has 7 nitrogen and oxygen atoms in total. The van der Waals surface area contributed by atoms with Crippen LogP contribution in [0, 0.1) is 5.82 Å². The number of benzene rings is 4. The van der Waals surface area contributed by atoms with E-state index in [1.807, 2.05) is 29.4 Å². The summed E-state index contributed by atoms with van der Waals surface area (Å²) in [5.74, 6) is -0.489. The number of carboxylic acids is 1. The van der Waals surface area contributed by atoms with E-state index < -0.39 is 11.8 Å². The second kappa shape index (κ2) is 14.4. The van der Waals surface area contributed by atoms with E-state index in [0.717, 1.165) is 60.0 Å². The smallest absolute Gasteiger partial charge is 0.335 e. The molecule has 1 aliphatic heterocycles. The fourth-order valence-corrected chi connectivity index (χ4v) is 7.31. The van der Waals surface area contributed by atoms with Crippen molar-refractivity contribution in [2.45, 2.75) is 62.5 Å². The number of aromatic carboxylic acids is 1. The third-order valence-corrected chi connectivity index (χ3v) is 10.1. The molecule has 2 fully saturated rings. The molecule has 1 aliphatic carbocycles. The number of hydrogen-bond donors (Lipinski definition) is 1. The number of carbonyl (C=O) groups excluding carboxylic acids is 1. The highest BCUT2D eigenvalue weighted by Crippen LogP contribution is 2.38. The fraction of sp³-hybridized carbons (Fsp3) is 0.289. The third-order valence-electron chi connectivity index (χ3n) is 9.33. The first kappa shape index (κ1) is 33.6. The number of imidazole rings is 1. The van der Waals surface area contributed by atoms with Gasteiger partial charge >= 0.3 is 5.97 Å². The predicted octanol–water partition coefficient (Wildman–Crippen LogP) is 9.56. The molecule has 1 saturated heterocycles. The number of thioether (sulfide) groups is 1. The Morgan fingerprint density at radius 3 is 2.42 bits per heavy atom. The first-order valence-electron chi connectivity index (χ1n) is 16.2. The van der Waals surface area contributed by atoms with Gasteiger partial charge in [-0.2, -0.15) is 0 Å². The molecular formula is C38H37ClFN3O4S. The maximum atomic E-state index is 16.0. The van der Waals surface area contributed by atoms with E-state index in [1.165, 1.54) is 17.4 Å². The molecule has 1 saturated carbocycles. The third kappa shape index (κ3) is 6.66. The van der Waals surface area contributed by atoms with Crippen molar-refractivity contribution >= 4 is 52.8 Å². The number of nitrogens with zero attached hydrogens (tertiary/aromatic N) is 3. The molecule has 1 aromatic heterocycles. The highest BCUT2D eigenvalue weighted by atomic mass is 35.5. The van der Waals surface area contributed by atoms with E-state index >= 15 is 4.39 Å². The van der Waals surface area contributed by atoms with Gasteiger partial charge in [-0.3, -0.25) is 4.79 Å². The number of anilines is 1. The number of aromatic nitrogens is 2. The van der Waals surface area contributed by atoms with Crippen molar-refractivity contribution in [1.29, 1.82) is 0 Å². The topological polar surface area (TPSA) is 84.7 Å². The van der Waals surface area contributed by atoms with Gasteiger partial charge in [0.2, 0.25) is 5.91 Å². The zero-order valence-corrected chi connectivity index (χ0v) is 28.3. The fourth-order valence-electron chi connectivity index (χ4n) is 6.90. The molecule has 0 spiro atoms. The van der Waals surface area contributed by atoms with Crippen LogP contribution in [0.5, 0.6) is 5.75 Å². The van der Waals surface area contributed by atoms with Crippen LogP contribution in [0.4, 0.5) is 10.1 Å². The van der Waals surface area contributed by atoms with E-state index in [9.17, 15) is 14.7 Å². The normalized spacial score (nSPS) is 15.1. The van der Waals surface area contributed by atoms with Gasteiger partial charge in [-0.15, -0.1) is 24.2 Å². The molecule has 1 N–H and O–H groups in total. The van der Waals surface area contributed by atoms with E-state index in [0.29, 0.717) is 35.6 Å². The molecule has 0 atom stereocenters. The van der Waals surface area contributed by atoms with Crippen LogP contribution in [0.25, 0.3) is 33.5 Å². The molecule has 2 heterocycles. The van der Waals surface area contributed by atoms with Gasteiger partial charge in [0.05, 0.1) is 22.2 Å². The Morgan fingerprint density at radius 1 is 0.958 bits per heavy atom. The quantitative estimate of drug-likeness (QED) is 0.156. The number of halogens is 2. The lowest BCUT2D eigenvalue weighted by Gasteiger charge is -2.25. The molecule has 10 heteroatoms. The first-order valence-corrected chi connectivity index (χ1v) is 17.4. The van der Waals surface area contributed by atoms with Gasteiger partial charge in [0.1, 0.15) is 24.0 Å². The van der Waals surface area contributed by atoms with Crippen LogP contribution in [0.2, 0.25) is 0 Å². The standard InChI is InChI=1S/C38H36FN3O4S.ClH/c1-47-30-14-9-24(10-15-30)31-16-12-28(41-19-5-8-36(41)43)20-26(31)23-46-29-13-17-32(33(39)22-29)37-40-34-21-25(38(44)45)11-18-35(34)42(37)27-6-3-2-4-7-27;/h9-18,20-22,27H,2-8,19,23H2,1H3,(H,44,45);1H. The summed E-state index contributed by atoms with van der Waals surface area (Å²) in [6, 6.07) is 24.3. The Hall–Kier alpha value is -4.34. The summed E-state index contributed by atoms with van der Waals surface area (Å²) in [6.07, 6.45) is 8.70. The summed E-state index contributed by atoms with van der Waals surface area (Å²) in [6.45, 7) is 0.879. The molecule has 2 aliphatic rings. The van der Waals surface area contributed by atoms with Gasteiger partial charge in [0, 0.05) is 35.7 Å². The zero-order valence-electron chi connectivity index (χ0n) is 26.7. The summed E-state index contributed by atoms with van der Waals surface area (Å²) in [5.41, 5.74) is 5.62. The summed E-state index contributed by atoms with van der Waals surface area (Å²) >= 11 is 1.68. The number of amides is 1. The van der Waals surface area contributed by atoms with Crippen molar-refractivity contribution < 1.29 is 23.8 Å². The maximum absolute atomic E-state index is 16.0. The largest absolute Gasteiger partial charge is 0.489 e. The average molecular weight is 686 g/mol. The van der Waals surface area contributed by atoms with Crippen molar-refractivity contribution in [2.75, 3.05) is 17.7 Å². The van der Waals surface area contributed by atoms with Gasteiger partial charge in [-0.05, 0) is 96.8 Å². The molecule has 0 unspecified atom stereocenters. The van der Waals surface area contributed by atoms with Crippen LogP contribution in [0.15, 0.2) is 83.8 Å². The van der Waals surface area contributed by atoms with Crippen molar-refractivity contribution in [3.8, 4) is 28.3 Å². The minimum atomic E-state index is -1.02. The predicted molar refractivity (Wildman–Crippen MR) is 191 cm³/mol. The van der Waals surface area contributed by atoms with Crippen molar-refractivity contribution in [3.05, 3.63) is 95.8 Å². The van der Waals surface area contributed by atoms with Crippen LogP contribution in [0.1, 0.15) is 66.9 Å². The molecular weight excluding hydrogens is 649 g/mol. The van der Waals surface area contributed by atoms with Crippen LogP contribution < -0.4 is 9.64 Å². The first-order chi connectivity index (χ1) is 22.9. The minimum absolute atomic E-state index is 0. The lowest BCUT2D eigenvalue weighted by molar-refractivity contribution is -0.117. The zero-order chi connectivity index (χ0) is 32.5. The maximum Gasteiger partial charge on any atom is 0.335 e. The monoisotopic (exact) mass is 685 g/mol. The van der Waals surface area contributed by atoms with Crippen LogP contribution in [-0.4, -0.2) is 39.3 Å². The molecule has 1 amide bonds. The summed E-state index contributed by atoms with van der Waals surface area (Å²) in [7, 11) is 0. The van der Waals surface area contributed by atoms with Gasteiger partial charge in [-0.1, -0.05) is 37.5 Å². The highest BCUT2D eigenvalue weighted by Gasteiger charge is 2.25. The molecule has 7 rings (SSSR count). The Kier molecular flexibility index (Phi) is 10.1. The van der Waals surface area contributed by atoms with Crippen LogP contribution in [0.3, 0.4) is 0 Å². The van der Waals surface area contributed by atoms with Gasteiger partial charge in [0.15, 0.2) is 0 Å². The SMILES string of the molecule is CSc1ccc(-c2ccc(N3CCCC3=O)cc2COc2ccc(-c3nc4cc(C(=O)O)ccc4n3C3CCCCC3)c(F)c2)cc1.Cl. The average Bonchev–Trinajstić information content (AvgIpc) is 3.70. The van der Waals surface area contributed by atoms with Crippen LogP contribution >= 0.6 is 24.2 Å². The molecule has 0 radical (unpaired) electrons. The summed E-state index contributed by atoms with van der Waals surface area (Å²) < 4.78 is 24.3. The lowest BCUT2D eigenvalue weighted by Crippen LogP contribution is -2.23. The van der Waals surface area contributed by atoms with E-state index in [2.05, 4.69) is 28.8 Å². The summed E-state index contributed by atoms with van der Waals surface area (Å²) in [4.78, 5) is 32.0. The van der Waals surface area contributed by atoms with Gasteiger partial charge in [0.25, 0.3) is 0 Å². The highest BCUT2D eigenvalue weighted by molar-refractivity contribution is 7.98. The number of ether oxygens (including phenoxy) is 1. The van der Waals surface area contributed by atoms with Crippen molar-refractivity contribution in [3.63, 3.8) is 0 Å². The molecule has 248 valence electrons. The Labute approximate surface area is 289 Å². The second-order valence-corrected chi connectivity index (χ2v) is 13.1. The van der Waals surface area contributed by atoms with E-state index in [-0.39, 0.29) is 36.5 Å². The van der Waals surface area contributed by atoms with E-state index in [1.54, 1.807) is 42.1 Å². The number of carbonyl (C=O) groups is 2.